The van der Waals surface area contributed by atoms with Crippen molar-refractivity contribution in [1.82, 2.24) is 5.32 Å². The van der Waals surface area contributed by atoms with Crippen molar-refractivity contribution in [2.24, 2.45) is 0 Å². The van der Waals surface area contributed by atoms with E-state index in [4.69, 9.17) is 10.5 Å². The first-order valence-electron chi connectivity index (χ1n) is 5.71. The molecule has 1 aliphatic heterocycles. The van der Waals surface area contributed by atoms with E-state index in [2.05, 4.69) is 17.4 Å². The number of nitrogens with two attached hydrogens (primary N) is 1. The van der Waals surface area contributed by atoms with Crippen molar-refractivity contribution < 1.29 is 4.74 Å². The number of nitrogen functional groups attached to an aromatic ring is 1. The molecule has 1 fully saturated rings. The Bertz CT molecular complexity index is 459. The van der Waals surface area contributed by atoms with Gasteiger partial charge in [0.05, 0.1) is 5.70 Å². The highest BCUT2D eigenvalue weighted by Crippen LogP contribution is 2.40. The number of allylic oxidation sites excluding steroid dienone is 1. The van der Waals surface area contributed by atoms with E-state index in [1.807, 2.05) is 13.1 Å². The summed E-state index contributed by atoms with van der Waals surface area (Å²) in [5.41, 5.74) is 10.7. The van der Waals surface area contributed by atoms with Gasteiger partial charge in [0.15, 0.2) is 5.76 Å². The summed E-state index contributed by atoms with van der Waals surface area (Å²) in [4.78, 5) is 0. The van der Waals surface area contributed by atoms with Gasteiger partial charge >= 0.3 is 0 Å². The molecule has 1 heterocycles. The van der Waals surface area contributed by atoms with Crippen molar-refractivity contribution in [2.45, 2.75) is 18.8 Å². The molecule has 1 saturated heterocycles. The van der Waals surface area contributed by atoms with Gasteiger partial charge in [-0.2, -0.15) is 0 Å². The number of fused-ring (bicyclic) bond motifs is 1. The summed E-state index contributed by atoms with van der Waals surface area (Å²) in [5, 5.41) is 3.28. The van der Waals surface area contributed by atoms with Crippen LogP contribution in [0.15, 0.2) is 29.7 Å². The first-order chi connectivity index (χ1) is 7.79. The molecule has 3 nitrogen and oxygen atoms in total. The number of aryl methyl sites for hydroxylation is 1. The maximum absolute atomic E-state index is 5.80. The standard InChI is InChI=1S/C13H16N2O/c1-15-13(12-7-16-12)11-4-2-8-6-9(14)3-5-10(8)11/h3,5-6,11,15H,2,4,7,14H2,1H3/b13-12-. The van der Waals surface area contributed by atoms with Crippen LogP contribution in [-0.4, -0.2) is 13.7 Å². The van der Waals surface area contributed by atoms with Crippen LogP contribution in [0, 0.1) is 0 Å². The van der Waals surface area contributed by atoms with Gasteiger partial charge in [0, 0.05) is 18.7 Å². The highest BCUT2D eigenvalue weighted by Gasteiger charge is 2.31. The lowest BCUT2D eigenvalue weighted by Gasteiger charge is -2.14. The molecule has 3 heteroatoms. The van der Waals surface area contributed by atoms with Crippen LogP contribution < -0.4 is 11.1 Å². The van der Waals surface area contributed by atoms with Crippen LogP contribution >= 0.6 is 0 Å². The highest BCUT2D eigenvalue weighted by molar-refractivity contribution is 5.50. The molecule has 1 aliphatic carbocycles. The zero-order valence-corrected chi connectivity index (χ0v) is 9.42. The fraction of sp³-hybridized carbons (Fsp3) is 0.385. The number of benzene rings is 1. The molecule has 1 atom stereocenters. The molecule has 0 spiro atoms. The lowest BCUT2D eigenvalue weighted by Crippen LogP contribution is -2.13. The molecule has 0 amide bonds. The van der Waals surface area contributed by atoms with Crippen LogP contribution in [0.1, 0.15) is 23.5 Å². The van der Waals surface area contributed by atoms with E-state index in [1.165, 1.54) is 16.8 Å². The number of rotatable bonds is 2. The number of epoxide rings is 1. The van der Waals surface area contributed by atoms with E-state index in [-0.39, 0.29) is 0 Å². The summed E-state index contributed by atoms with van der Waals surface area (Å²) < 4.78 is 5.31. The Kier molecular flexibility index (Phi) is 2.06. The SMILES string of the molecule is CN/C(=C1/CO1)C1CCc2cc(N)ccc21. The minimum atomic E-state index is 0.470. The molecule has 0 aromatic heterocycles. The summed E-state index contributed by atoms with van der Waals surface area (Å²) in [6, 6.07) is 6.24. The summed E-state index contributed by atoms with van der Waals surface area (Å²) in [6.07, 6.45) is 2.27. The first kappa shape index (κ1) is 9.58. The molecule has 2 aliphatic rings. The largest absolute Gasteiger partial charge is 0.484 e. The summed E-state index contributed by atoms with van der Waals surface area (Å²) in [6.45, 7) is 0.789. The van der Waals surface area contributed by atoms with E-state index < -0.39 is 0 Å². The van der Waals surface area contributed by atoms with E-state index in [0.29, 0.717) is 5.92 Å². The maximum Gasteiger partial charge on any atom is 0.154 e. The smallest absolute Gasteiger partial charge is 0.154 e. The summed E-state index contributed by atoms with van der Waals surface area (Å²) in [5.74, 6) is 1.59. The Morgan fingerprint density at radius 2 is 2.31 bits per heavy atom. The van der Waals surface area contributed by atoms with Gasteiger partial charge in [0.2, 0.25) is 0 Å². The second-order valence-corrected chi connectivity index (χ2v) is 4.43. The van der Waals surface area contributed by atoms with E-state index in [1.54, 1.807) is 0 Å². The van der Waals surface area contributed by atoms with E-state index in [0.717, 1.165) is 30.9 Å². The van der Waals surface area contributed by atoms with Crippen molar-refractivity contribution >= 4 is 5.69 Å². The second-order valence-electron chi connectivity index (χ2n) is 4.43. The number of hydrogen-bond donors (Lipinski definition) is 2. The van der Waals surface area contributed by atoms with Crippen LogP contribution in [0.4, 0.5) is 5.69 Å². The normalized spacial score (nSPS) is 24.7. The third-order valence-corrected chi connectivity index (χ3v) is 3.45. The van der Waals surface area contributed by atoms with Gasteiger partial charge in [-0.3, -0.25) is 0 Å². The Morgan fingerprint density at radius 3 is 3.00 bits per heavy atom. The highest BCUT2D eigenvalue weighted by atomic mass is 16.6. The van der Waals surface area contributed by atoms with E-state index in [9.17, 15) is 0 Å². The molecular weight excluding hydrogens is 200 g/mol. The molecule has 3 N–H and O–H groups in total. The fourth-order valence-electron chi connectivity index (χ4n) is 2.64. The molecule has 0 radical (unpaired) electrons. The molecule has 1 aromatic rings. The Morgan fingerprint density at radius 1 is 1.50 bits per heavy atom. The summed E-state index contributed by atoms with van der Waals surface area (Å²) in [7, 11) is 1.97. The topological polar surface area (TPSA) is 50.6 Å². The van der Waals surface area contributed by atoms with Crippen LogP contribution in [0.3, 0.4) is 0 Å². The van der Waals surface area contributed by atoms with Gasteiger partial charge < -0.3 is 15.8 Å². The van der Waals surface area contributed by atoms with Gasteiger partial charge in [-0.15, -0.1) is 0 Å². The predicted octanol–water partition coefficient (Wildman–Crippen LogP) is 1.76. The van der Waals surface area contributed by atoms with Gasteiger partial charge in [-0.1, -0.05) is 6.07 Å². The monoisotopic (exact) mass is 216 g/mol. The second kappa shape index (κ2) is 3.44. The van der Waals surface area contributed by atoms with Crippen LogP contribution in [-0.2, 0) is 11.2 Å². The molecule has 1 unspecified atom stereocenters. The minimum Gasteiger partial charge on any atom is -0.484 e. The Hall–Kier alpha value is -1.64. The van der Waals surface area contributed by atoms with Crippen molar-refractivity contribution in [3.8, 4) is 0 Å². The van der Waals surface area contributed by atoms with Crippen molar-refractivity contribution in [3.63, 3.8) is 0 Å². The zero-order valence-electron chi connectivity index (χ0n) is 9.42. The molecule has 1 aromatic carbocycles. The van der Waals surface area contributed by atoms with Gasteiger partial charge in [0.25, 0.3) is 0 Å². The quantitative estimate of drug-likeness (QED) is 0.585. The molecule has 0 bridgehead atoms. The van der Waals surface area contributed by atoms with Crippen molar-refractivity contribution in [1.29, 1.82) is 0 Å². The number of hydrogen-bond acceptors (Lipinski definition) is 3. The van der Waals surface area contributed by atoms with Gasteiger partial charge in [0.1, 0.15) is 6.61 Å². The molecule has 0 saturated carbocycles. The minimum absolute atomic E-state index is 0.470. The van der Waals surface area contributed by atoms with Crippen LogP contribution in [0.25, 0.3) is 0 Å². The summed E-state index contributed by atoms with van der Waals surface area (Å²) >= 11 is 0. The third-order valence-electron chi connectivity index (χ3n) is 3.45. The first-order valence-corrected chi connectivity index (χ1v) is 5.71. The van der Waals surface area contributed by atoms with Gasteiger partial charge in [-0.25, -0.2) is 0 Å². The number of nitrogens with one attached hydrogen (secondary N) is 1. The molecule has 3 rings (SSSR count). The Labute approximate surface area is 95.3 Å². The Balaban J connectivity index is 2.00. The van der Waals surface area contributed by atoms with Crippen molar-refractivity contribution in [3.05, 3.63) is 40.8 Å². The van der Waals surface area contributed by atoms with Crippen molar-refractivity contribution in [2.75, 3.05) is 19.4 Å². The van der Waals surface area contributed by atoms with Gasteiger partial charge in [-0.05, 0) is 36.1 Å². The van der Waals surface area contributed by atoms with Crippen LogP contribution in [0.5, 0.6) is 0 Å². The number of ether oxygens (including phenoxy) is 1. The third kappa shape index (κ3) is 1.43. The lowest BCUT2D eigenvalue weighted by molar-refractivity contribution is 0.499. The predicted molar refractivity (Wildman–Crippen MR) is 64.0 cm³/mol. The number of likely N-dealkylation sites (N-methyl/N-ethyl adjacent to an activating group) is 1. The van der Waals surface area contributed by atoms with Crippen LogP contribution in [0.2, 0.25) is 0 Å². The maximum atomic E-state index is 5.80. The molecule has 84 valence electrons. The zero-order chi connectivity index (χ0) is 11.1. The average molecular weight is 216 g/mol. The average Bonchev–Trinajstić information content (AvgIpc) is 3.02. The molecular formula is C13H16N2O. The van der Waals surface area contributed by atoms with E-state index >= 15 is 0 Å². The lowest BCUT2D eigenvalue weighted by atomic mass is 9.97. The molecule has 16 heavy (non-hydrogen) atoms. The fourth-order valence-corrected chi connectivity index (χ4v) is 2.64. The number of anilines is 1.